The number of halogens is 1. The summed E-state index contributed by atoms with van der Waals surface area (Å²) in [5.74, 6) is 1.76. The molecule has 1 aliphatic rings. The molecule has 1 fully saturated rings. The zero-order chi connectivity index (χ0) is 11.1. The van der Waals surface area contributed by atoms with Crippen LogP contribution in [0.4, 0.5) is 0 Å². The third-order valence-electron chi connectivity index (χ3n) is 3.56. The Balaban J connectivity index is 2.24. The summed E-state index contributed by atoms with van der Waals surface area (Å²) in [6.45, 7) is 2.11. The highest BCUT2D eigenvalue weighted by molar-refractivity contribution is 6.32. The number of nitrogens with zero attached hydrogens (tertiary/aromatic N) is 2. The van der Waals surface area contributed by atoms with Gasteiger partial charge in [-0.2, -0.15) is 0 Å². The van der Waals surface area contributed by atoms with Gasteiger partial charge in [-0.25, -0.2) is 4.98 Å². The fourth-order valence-electron chi connectivity index (χ4n) is 2.75. The van der Waals surface area contributed by atoms with Gasteiger partial charge in [-0.1, -0.05) is 30.5 Å². The minimum atomic E-state index is 0.598. The van der Waals surface area contributed by atoms with E-state index in [-0.39, 0.29) is 0 Å². The summed E-state index contributed by atoms with van der Waals surface area (Å²) in [6.07, 6.45) is 5.15. The average Bonchev–Trinajstić information content (AvgIpc) is 2.87. The van der Waals surface area contributed by atoms with E-state index in [0.717, 1.165) is 11.3 Å². The van der Waals surface area contributed by atoms with Gasteiger partial charge in [-0.3, -0.25) is 4.40 Å². The molecule has 16 heavy (non-hydrogen) atoms. The van der Waals surface area contributed by atoms with Crippen LogP contribution in [0.15, 0.2) is 18.2 Å². The van der Waals surface area contributed by atoms with Crippen LogP contribution in [0.3, 0.4) is 0 Å². The minimum Gasteiger partial charge on any atom is -0.299 e. The Kier molecular flexibility index (Phi) is 2.40. The van der Waals surface area contributed by atoms with E-state index < -0.39 is 0 Å². The number of imidazole rings is 1. The van der Waals surface area contributed by atoms with Gasteiger partial charge in [0.05, 0.1) is 5.52 Å². The predicted molar refractivity (Wildman–Crippen MR) is 66.1 cm³/mol. The summed E-state index contributed by atoms with van der Waals surface area (Å²) < 4.78 is 2.22. The standard InChI is InChI=1S/C13H15ClN2/c1-9-5-4-8-11-12(14)15-13(16(9)11)10-6-2-3-7-10/h4-5,8,10H,2-3,6-7H2,1H3. The van der Waals surface area contributed by atoms with Gasteiger partial charge < -0.3 is 0 Å². The Morgan fingerprint density at radius 1 is 1.31 bits per heavy atom. The highest BCUT2D eigenvalue weighted by atomic mass is 35.5. The van der Waals surface area contributed by atoms with Crippen molar-refractivity contribution in [3.8, 4) is 0 Å². The molecular formula is C13H15ClN2. The third kappa shape index (κ3) is 1.44. The number of hydrogen-bond acceptors (Lipinski definition) is 1. The van der Waals surface area contributed by atoms with Gasteiger partial charge in [0, 0.05) is 11.6 Å². The zero-order valence-electron chi connectivity index (χ0n) is 9.41. The Morgan fingerprint density at radius 3 is 2.81 bits per heavy atom. The van der Waals surface area contributed by atoms with Crippen molar-refractivity contribution in [2.24, 2.45) is 0 Å². The van der Waals surface area contributed by atoms with Gasteiger partial charge in [-0.05, 0) is 31.9 Å². The fourth-order valence-corrected chi connectivity index (χ4v) is 2.98. The summed E-state index contributed by atoms with van der Waals surface area (Å²) >= 11 is 6.20. The molecule has 2 nitrogen and oxygen atoms in total. The molecule has 0 amide bonds. The lowest BCUT2D eigenvalue weighted by Gasteiger charge is -2.09. The summed E-state index contributed by atoms with van der Waals surface area (Å²) in [4.78, 5) is 4.56. The lowest BCUT2D eigenvalue weighted by molar-refractivity contribution is 0.661. The van der Waals surface area contributed by atoms with Crippen molar-refractivity contribution >= 4 is 17.1 Å². The monoisotopic (exact) mass is 234 g/mol. The van der Waals surface area contributed by atoms with Crippen LogP contribution in [0.1, 0.15) is 43.1 Å². The Hall–Kier alpha value is -1.02. The van der Waals surface area contributed by atoms with Crippen molar-refractivity contribution in [2.75, 3.05) is 0 Å². The molecule has 0 N–H and O–H groups in total. The fraction of sp³-hybridized carbons (Fsp3) is 0.462. The minimum absolute atomic E-state index is 0.598. The van der Waals surface area contributed by atoms with Gasteiger partial charge in [-0.15, -0.1) is 0 Å². The van der Waals surface area contributed by atoms with Crippen LogP contribution >= 0.6 is 11.6 Å². The lowest BCUT2D eigenvalue weighted by atomic mass is 10.1. The first-order chi connectivity index (χ1) is 7.77. The summed E-state index contributed by atoms with van der Waals surface area (Å²) in [5, 5.41) is 0.644. The Bertz CT molecular complexity index is 524. The molecule has 2 heterocycles. The largest absolute Gasteiger partial charge is 0.299 e. The molecule has 0 spiro atoms. The summed E-state index contributed by atoms with van der Waals surface area (Å²) in [6, 6.07) is 6.20. The van der Waals surface area contributed by atoms with Crippen molar-refractivity contribution in [2.45, 2.75) is 38.5 Å². The molecule has 0 bridgehead atoms. The van der Waals surface area contributed by atoms with Crippen LogP contribution in [-0.2, 0) is 0 Å². The molecular weight excluding hydrogens is 220 g/mol. The Labute approximate surface area is 100 Å². The molecule has 0 aliphatic heterocycles. The first kappa shape index (κ1) is 10.2. The number of rotatable bonds is 1. The van der Waals surface area contributed by atoms with Crippen molar-refractivity contribution in [1.82, 2.24) is 9.38 Å². The normalized spacial score (nSPS) is 17.4. The van der Waals surface area contributed by atoms with Gasteiger partial charge in [0.25, 0.3) is 0 Å². The first-order valence-electron chi connectivity index (χ1n) is 5.91. The van der Waals surface area contributed by atoms with E-state index >= 15 is 0 Å². The molecule has 2 aromatic heterocycles. The van der Waals surface area contributed by atoms with E-state index in [4.69, 9.17) is 11.6 Å². The number of fused-ring (bicyclic) bond motifs is 1. The van der Waals surface area contributed by atoms with E-state index in [9.17, 15) is 0 Å². The quantitative estimate of drug-likeness (QED) is 0.730. The van der Waals surface area contributed by atoms with Crippen molar-refractivity contribution in [1.29, 1.82) is 0 Å². The molecule has 0 aromatic carbocycles. The zero-order valence-corrected chi connectivity index (χ0v) is 10.2. The maximum Gasteiger partial charge on any atom is 0.155 e. The predicted octanol–water partition coefficient (Wildman–Crippen LogP) is 3.95. The van der Waals surface area contributed by atoms with Crippen LogP contribution in [0.5, 0.6) is 0 Å². The van der Waals surface area contributed by atoms with E-state index in [2.05, 4.69) is 22.4 Å². The number of aryl methyl sites for hydroxylation is 1. The second kappa shape index (κ2) is 3.77. The summed E-state index contributed by atoms with van der Waals surface area (Å²) in [7, 11) is 0. The number of pyridine rings is 1. The molecule has 0 unspecified atom stereocenters. The van der Waals surface area contributed by atoms with Crippen LogP contribution in [0, 0.1) is 6.92 Å². The molecule has 1 aliphatic carbocycles. The maximum absolute atomic E-state index is 6.20. The van der Waals surface area contributed by atoms with Crippen LogP contribution in [-0.4, -0.2) is 9.38 Å². The Morgan fingerprint density at radius 2 is 2.06 bits per heavy atom. The smallest absolute Gasteiger partial charge is 0.155 e. The highest BCUT2D eigenvalue weighted by Crippen LogP contribution is 2.35. The molecule has 0 atom stereocenters. The third-order valence-corrected chi connectivity index (χ3v) is 3.84. The van der Waals surface area contributed by atoms with Crippen molar-refractivity contribution in [3.63, 3.8) is 0 Å². The van der Waals surface area contributed by atoms with Crippen LogP contribution < -0.4 is 0 Å². The molecule has 0 saturated heterocycles. The van der Waals surface area contributed by atoms with Gasteiger partial charge in [0.1, 0.15) is 5.82 Å². The average molecular weight is 235 g/mol. The first-order valence-corrected chi connectivity index (χ1v) is 6.28. The highest BCUT2D eigenvalue weighted by Gasteiger charge is 2.23. The molecule has 0 radical (unpaired) electrons. The second-order valence-corrected chi connectivity index (χ2v) is 4.99. The second-order valence-electron chi connectivity index (χ2n) is 4.63. The van der Waals surface area contributed by atoms with E-state index in [1.807, 2.05) is 12.1 Å². The maximum atomic E-state index is 6.20. The molecule has 1 saturated carbocycles. The van der Waals surface area contributed by atoms with Gasteiger partial charge in [0.15, 0.2) is 5.15 Å². The number of hydrogen-bond donors (Lipinski definition) is 0. The lowest BCUT2D eigenvalue weighted by Crippen LogP contribution is -2.02. The van der Waals surface area contributed by atoms with E-state index in [1.54, 1.807) is 0 Å². The van der Waals surface area contributed by atoms with Crippen LogP contribution in [0.25, 0.3) is 5.52 Å². The molecule has 3 rings (SSSR count). The molecule has 84 valence electrons. The van der Waals surface area contributed by atoms with Crippen LogP contribution in [0.2, 0.25) is 5.15 Å². The van der Waals surface area contributed by atoms with E-state index in [0.29, 0.717) is 11.1 Å². The number of aromatic nitrogens is 2. The SMILES string of the molecule is Cc1cccc2c(Cl)nc(C3CCCC3)n12. The van der Waals surface area contributed by atoms with E-state index in [1.165, 1.54) is 31.4 Å². The topological polar surface area (TPSA) is 17.3 Å². The van der Waals surface area contributed by atoms with Crippen molar-refractivity contribution < 1.29 is 0 Å². The van der Waals surface area contributed by atoms with Crippen molar-refractivity contribution in [3.05, 3.63) is 34.9 Å². The summed E-state index contributed by atoms with van der Waals surface area (Å²) in [5.41, 5.74) is 2.27. The molecule has 2 aromatic rings. The molecule has 3 heteroatoms. The van der Waals surface area contributed by atoms with Gasteiger partial charge >= 0.3 is 0 Å². The van der Waals surface area contributed by atoms with Gasteiger partial charge in [0.2, 0.25) is 0 Å².